The van der Waals surface area contributed by atoms with Gasteiger partial charge in [0.1, 0.15) is 10.9 Å². The molecule has 2 aliphatic rings. The van der Waals surface area contributed by atoms with Crippen molar-refractivity contribution >= 4 is 49.7 Å². The lowest BCUT2D eigenvalue weighted by Crippen LogP contribution is -2.48. The highest BCUT2D eigenvalue weighted by Crippen LogP contribution is 2.26. The number of nitrogens with one attached hydrogen (secondary N) is 1. The summed E-state index contributed by atoms with van der Waals surface area (Å²) in [7, 11) is -1.48. The van der Waals surface area contributed by atoms with Crippen molar-refractivity contribution in [3.8, 4) is 0 Å². The van der Waals surface area contributed by atoms with E-state index in [4.69, 9.17) is 11.6 Å². The molecule has 1 N–H and O–H groups in total. The zero-order chi connectivity index (χ0) is 21.6. The topological polar surface area (TPSA) is 72.0 Å². The van der Waals surface area contributed by atoms with Gasteiger partial charge < -0.3 is 9.88 Å². The van der Waals surface area contributed by atoms with E-state index >= 15 is 0 Å². The summed E-state index contributed by atoms with van der Waals surface area (Å²) >= 11 is 7.77. The lowest BCUT2D eigenvalue weighted by atomic mass is 10.2. The first-order valence-corrected chi connectivity index (χ1v) is 12.9. The first-order valence-electron chi connectivity index (χ1n) is 10.2. The molecule has 31 heavy (non-hydrogen) atoms. The molecule has 0 amide bonds. The van der Waals surface area contributed by atoms with Crippen LogP contribution in [0.4, 0.5) is 0 Å². The number of H-pyrrole nitrogens is 1. The second-order valence-corrected chi connectivity index (χ2v) is 11.3. The molecule has 10 heteroatoms. The Morgan fingerprint density at radius 3 is 2.68 bits per heavy atom. The average Bonchev–Trinajstić information content (AvgIpc) is 3.47. The molecule has 0 bridgehead atoms. The second kappa shape index (κ2) is 8.22. The van der Waals surface area contributed by atoms with Crippen molar-refractivity contribution in [2.24, 2.45) is 4.99 Å². The highest BCUT2D eigenvalue weighted by atomic mass is 35.5. The zero-order valence-electron chi connectivity index (χ0n) is 17.2. The van der Waals surface area contributed by atoms with Crippen LogP contribution in [0.1, 0.15) is 10.4 Å². The van der Waals surface area contributed by atoms with Crippen molar-refractivity contribution in [3.05, 3.63) is 51.2 Å². The van der Waals surface area contributed by atoms with Gasteiger partial charge in [-0.25, -0.2) is 8.42 Å². The molecule has 5 rings (SSSR count). The molecule has 2 aliphatic heterocycles. The monoisotopic (exact) mass is 477 g/mol. The highest BCUT2D eigenvalue weighted by Gasteiger charge is 2.30. The number of benzene rings is 1. The fourth-order valence-electron chi connectivity index (χ4n) is 4.13. The van der Waals surface area contributed by atoms with Crippen molar-refractivity contribution in [1.29, 1.82) is 0 Å². The Balaban J connectivity index is 1.23. The number of hydrogen-bond acceptors (Lipinski definition) is 6. The number of aromatic amines is 1. The number of aromatic nitrogens is 1. The third-order valence-electron chi connectivity index (χ3n) is 5.86. The SMILES string of the molecule is CN1CCN=C1c1csc(CN2CCN(S(=O)(=O)c3cc4cc(Cl)ccc4[nH]3)CC2)c1. The van der Waals surface area contributed by atoms with Gasteiger partial charge in [-0.2, -0.15) is 4.31 Å². The van der Waals surface area contributed by atoms with Gasteiger partial charge in [-0.3, -0.25) is 9.89 Å². The van der Waals surface area contributed by atoms with Gasteiger partial charge in [0.2, 0.25) is 0 Å². The molecule has 3 aromatic rings. The molecule has 1 aromatic carbocycles. The van der Waals surface area contributed by atoms with E-state index < -0.39 is 10.0 Å². The fraction of sp³-hybridized carbons (Fsp3) is 0.381. The minimum atomic E-state index is -3.56. The van der Waals surface area contributed by atoms with Gasteiger partial charge in [0, 0.05) is 78.1 Å². The number of likely N-dealkylation sites (N-methyl/N-ethyl adjacent to an activating group) is 1. The summed E-state index contributed by atoms with van der Waals surface area (Å²) in [4.78, 5) is 13.4. The summed E-state index contributed by atoms with van der Waals surface area (Å²) in [5.74, 6) is 1.07. The Labute approximate surface area is 191 Å². The van der Waals surface area contributed by atoms with Crippen molar-refractivity contribution < 1.29 is 8.42 Å². The maximum absolute atomic E-state index is 13.1. The fourth-order valence-corrected chi connectivity index (χ4v) is 6.65. The van der Waals surface area contributed by atoms with E-state index in [0.29, 0.717) is 31.2 Å². The maximum atomic E-state index is 13.1. The van der Waals surface area contributed by atoms with Crippen LogP contribution in [0.15, 0.2) is 45.7 Å². The van der Waals surface area contributed by atoms with E-state index in [-0.39, 0.29) is 5.03 Å². The molecule has 2 aromatic heterocycles. The summed E-state index contributed by atoms with van der Waals surface area (Å²) in [6.45, 7) is 5.04. The number of sulfonamides is 1. The van der Waals surface area contributed by atoms with Crippen LogP contribution in [0.2, 0.25) is 5.02 Å². The molecule has 1 saturated heterocycles. The Kier molecular flexibility index (Phi) is 5.56. The van der Waals surface area contributed by atoms with E-state index in [2.05, 4.69) is 38.3 Å². The van der Waals surface area contributed by atoms with Crippen LogP contribution >= 0.6 is 22.9 Å². The largest absolute Gasteiger partial charge is 0.358 e. The average molecular weight is 478 g/mol. The van der Waals surface area contributed by atoms with Crippen molar-refractivity contribution in [3.63, 3.8) is 0 Å². The number of aliphatic imine (C=N–C) groups is 1. The number of amidine groups is 1. The number of fused-ring (bicyclic) bond motifs is 1. The minimum absolute atomic E-state index is 0.225. The van der Waals surface area contributed by atoms with E-state index in [1.807, 2.05) is 0 Å². The highest BCUT2D eigenvalue weighted by molar-refractivity contribution is 7.89. The third-order valence-corrected chi connectivity index (χ3v) is 8.83. The molecular weight excluding hydrogens is 454 g/mol. The zero-order valence-corrected chi connectivity index (χ0v) is 19.6. The van der Waals surface area contributed by atoms with Gasteiger partial charge in [-0.1, -0.05) is 11.6 Å². The molecule has 0 saturated carbocycles. The standard InChI is InChI=1S/C21H24ClN5O2S2/c1-25-5-4-23-21(25)16-11-18(30-14-16)13-26-6-8-27(9-7-26)31(28,29)20-12-15-10-17(22)2-3-19(15)24-20/h2-3,10-12,14,24H,4-9,13H2,1H3. The molecule has 4 heterocycles. The number of nitrogens with zero attached hydrogens (tertiary/aromatic N) is 4. The normalized spacial score (nSPS) is 18.8. The van der Waals surface area contributed by atoms with Gasteiger partial charge in [0.05, 0.1) is 6.54 Å². The van der Waals surface area contributed by atoms with Gasteiger partial charge in [-0.15, -0.1) is 11.3 Å². The number of thiophene rings is 1. The molecule has 0 atom stereocenters. The Hall–Kier alpha value is -1.91. The predicted octanol–water partition coefficient (Wildman–Crippen LogP) is 3.08. The van der Waals surface area contributed by atoms with Gasteiger partial charge in [0.15, 0.2) is 0 Å². The molecule has 0 spiro atoms. The summed E-state index contributed by atoms with van der Waals surface area (Å²) < 4.78 is 27.8. The molecule has 0 unspecified atom stereocenters. The molecule has 164 valence electrons. The quantitative estimate of drug-likeness (QED) is 0.613. The molecular formula is C21H24ClN5O2S2. The molecule has 7 nitrogen and oxygen atoms in total. The summed E-state index contributed by atoms with van der Waals surface area (Å²) in [6, 6.07) is 9.21. The summed E-state index contributed by atoms with van der Waals surface area (Å²) in [5, 5.41) is 3.78. The first-order chi connectivity index (χ1) is 14.9. The molecule has 1 fully saturated rings. The van der Waals surface area contributed by atoms with Crippen LogP contribution in [-0.2, 0) is 16.6 Å². The van der Waals surface area contributed by atoms with E-state index in [0.717, 1.165) is 36.4 Å². The van der Waals surface area contributed by atoms with Crippen LogP contribution in [0.25, 0.3) is 10.9 Å². The molecule has 0 radical (unpaired) electrons. The first kappa shape index (κ1) is 21.0. The maximum Gasteiger partial charge on any atom is 0.258 e. The van der Waals surface area contributed by atoms with Crippen LogP contribution in [-0.4, -0.2) is 79.7 Å². The van der Waals surface area contributed by atoms with Gasteiger partial charge >= 0.3 is 0 Å². The van der Waals surface area contributed by atoms with Crippen molar-refractivity contribution in [2.45, 2.75) is 11.6 Å². The minimum Gasteiger partial charge on any atom is -0.358 e. The summed E-state index contributed by atoms with van der Waals surface area (Å²) in [6.07, 6.45) is 0. The van der Waals surface area contributed by atoms with Crippen LogP contribution in [0.5, 0.6) is 0 Å². The lowest BCUT2D eigenvalue weighted by molar-refractivity contribution is 0.182. The third kappa shape index (κ3) is 4.12. The Morgan fingerprint density at radius 1 is 1.13 bits per heavy atom. The molecule has 0 aliphatic carbocycles. The number of rotatable bonds is 5. The Bertz CT molecular complexity index is 1240. The second-order valence-electron chi connectivity index (χ2n) is 7.97. The number of piperazine rings is 1. The lowest BCUT2D eigenvalue weighted by Gasteiger charge is -2.33. The van der Waals surface area contributed by atoms with Crippen LogP contribution in [0, 0.1) is 0 Å². The van der Waals surface area contributed by atoms with Crippen molar-refractivity contribution in [2.75, 3.05) is 46.3 Å². The van der Waals surface area contributed by atoms with Crippen LogP contribution < -0.4 is 0 Å². The van der Waals surface area contributed by atoms with Crippen LogP contribution in [0.3, 0.4) is 0 Å². The predicted molar refractivity (Wildman–Crippen MR) is 126 cm³/mol. The van der Waals surface area contributed by atoms with E-state index in [1.165, 1.54) is 10.4 Å². The Morgan fingerprint density at radius 2 is 1.94 bits per heavy atom. The number of hydrogen-bond donors (Lipinski definition) is 1. The smallest absolute Gasteiger partial charge is 0.258 e. The number of halogens is 1. The van der Waals surface area contributed by atoms with E-state index in [1.54, 1.807) is 39.9 Å². The van der Waals surface area contributed by atoms with Gasteiger partial charge in [0.25, 0.3) is 10.0 Å². The van der Waals surface area contributed by atoms with Crippen molar-refractivity contribution in [1.82, 2.24) is 19.1 Å². The summed E-state index contributed by atoms with van der Waals surface area (Å²) in [5.41, 5.74) is 1.95. The van der Waals surface area contributed by atoms with E-state index in [9.17, 15) is 8.42 Å². The van der Waals surface area contributed by atoms with Gasteiger partial charge in [-0.05, 0) is 30.3 Å².